The largest absolute Gasteiger partial charge is 0.371 e. The molecule has 0 saturated carbocycles. The SMILES string of the molecule is Cc1cc(N2CCC(Cn3nc(-c4sc(C)nc4C)ccc3=O)CC2)ccn1. The lowest BCUT2D eigenvalue weighted by atomic mass is 9.96. The van der Waals surface area contributed by atoms with Gasteiger partial charge in [-0.05, 0) is 57.7 Å². The van der Waals surface area contributed by atoms with Crippen molar-refractivity contribution in [2.45, 2.75) is 40.2 Å². The van der Waals surface area contributed by atoms with E-state index in [1.807, 2.05) is 33.0 Å². The lowest BCUT2D eigenvalue weighted by Crippen LogP contribution is -2.36. The van der Waals surface area contributed by atoms with E-state index in [2.05, 4.69) is 32.1 Å². The third-order valence-electron chi connectivity index (χ3n) is 5.29. The maximum atomic E-state index is 12.4. The number of pyridine rings is 1. The molecule has 1 aliphatic heterocycles. The van der Waals surface area contributed by atoms with Gasteiger partial charge in [-0.2, -0.15) is 5.10 Å². The van der Waals surface area contributed by atoms with E-state index in [1.165, 1.54) is 5.69 Å². The second kappa shape index (κ2) is 7.83. The van der Waals surface area contributed by atoms with E-state index in [-0.39, 0.29) is 5.56 Å². The number of thiazole rings is 1. The number of rotatable bonds is 4. The third-order valence-corrected chi connectivity index (χ3v) is 6.39. The summed E-state index contributed by atoms with van der Waals surface area (Å²) in [7, 11) is 0. The van der Waals surface area contributed by atoms with Crippen LogP contribution in [0.1, 0.15) is 29.2 Å². The fourth-order valence-corrected chi connectivity index (χ4v) is 4.70. The predicted octanol–water partition coefficient (Wildman–Crippen LogP) is 3.60. The Labute approximate surface area is 168 Å². The smallest absolute Gasteiger partial charge is 0.266 e. The van der Waals surface area contributed by atoms with Crippen LogP contribution in [0.5, 0.6) is 0 Å². The van der Waals surface area contributed by atoms with Gasteiger partial charge in [-0.3, -0.25) is 9.78 Å². The highest BCUT2D eigenvalue weighted by Crippen LogP contribution is 2.28. The Morgan fingerprint density at radius 3 is 2.61 bits per heavy atom. The lowest BCUT2D eigenvalue weighted by Gasteiger charge is -2.33. The van der Waals surface area contributed by atoms with Gasteiger partial charge in [-0.15, -0.1) is 11.3 Å². The van der Waals surface area contributed by atoms with Gasteiger partial charge in [0, 0.05) is 43.3 Å². The van der Waals surface area contributed by atoms with E-state index in [4.69, 9.17) is 0 Å². The summed E-state index contributed by atoms with van der Waals surface area (Å²) in [5.74, 6) is 0.462. The van der Waals surface area contributed by atoms with Crippen LogP contribution in [-0.2, 0) is 6.54 Å². The van der Waals surface area contributed by atoms with E-state index < -0.39 is 0 Å². The van der Waals surface area contributed by atoms with Crippen molar-refractivity contribution in [2.24, 2.45) is 5.92 Å². The molecule has 0 amide bonds. The summed E-state index contributed by atoms with van der Waals surface area (Å²) in [4.78, 5) is 24.6. The molecule has 0 spiro atoms. The number of piperidine rings is 1. The molecule has 146 valence electrons. The van der Waals surface area contributed by atoms with Gasteiger partial charge < -0.3 is 4.90 Å². The van der Waals surface area contributed by atoms with E-state index in [9.17, 15) is 4.79 Å². The van der Waals surface area contributed by atoms with E-state index >= 15 is 0 Å². The van der Waals surface area contributed by atoms with Crippen LogP contribution in [0.3, 0.4) is 0 Å². The van der Waals surface area contributed by atoms with Crippen LogP contribution in [0.2, 0.25) is 0 Å². The molecule has 0 radical (unpaired) electrons. The molecule has 0 N–H and O–H groups in total. The van der Waals surface area contributed by atoms with Crippen molar-refractivity contribution in [3.8, 4) is 10.6 Å². The van der Waals surface area contributed by atoms with Gasteiger partial charge in [0.15, 0.2) is 0 Å². The Balaban J connectivity index is 1.46. The summed E-state index contributed by atoms with van der Waals surface area (Å²) < 4.78 is 1.64. The lowest BCUT2D eigenvalue weighted by molar-refractivity contribution is 0.336. The summed E-state index contributed by atoms with van der Waals surface area (Å²) in [6.07, 6.45) is 3.98. The van der Waals surface area contributed by atoms with Crippen LogP contribution in [0.15, 0.2) is 35.3 Å². The zero-order valence-corrected chi connectivity index (χ0v) is 17.4. The average molecular weight is 396 g/mol. The molecule has 7 heteroatoms. The highest BCUT2D eigenvalue weighted by Gasteiger charge is 2.21. The molecule has 0 bridgehead atoms. The topological polar surface area (TPSA) is 63.9 Å². The molecule has 3 aromatic rings. The normalized spacial score (nSPS) is 15.2. The summed E-state index contributed by atoms with van der Waals surface area (Å²) in [6, 6.07) is 7.65. The van der Waals surface area contributed by atoms with E-state index in [0.717, 1.165) is 52.9 Å². The first kappa shape index (κ1) is 18.8. The standard InChI is InChI=1S/C21H25N5OS/c1-14-12-18(6-9-22-14)25-10-7-17(8-11-25)13-26-20(27)5-4-19(24-26)21-15(2)23-16(3)28-21/h4-6,9,12,17H,7-8,10-11,13H2,1-3H3. The van der Waals surface area contributed by atoms with Gasteiger partial charge in [0.2, 0.25) is 0 Å². The number of aryl methyl sites for hydroxylation is 3. The quantitative estimate of drug-likeness (QED) is 0.675. The monoisotopic (exact) mass is 395 g/mol. The molecule has 6 nitrogen and oxygen atoms in total. The minimum Gasteiger partial charge on any atom is -0.371 e. The highest BCUT2D eigenvalue weighted by molar-refractivity contribution is 7.15. The van der Waals surface area contributed by atoms with Crippen LogP contribution in [0.4, 0.5) is 5.69 Å². The number of hydrogen-bond acceptors (Lipinski definition) is 6. The number of hydrogen-bond donors (Lipinski definition) is 0. The van der Waals surface area contributed by atoms with E-state index in [0.29, 0.717) is 12.5 Å². The minimum atomic E-state index is -0.0326. The molecule has 28 heavy (non-hydrogen) atoms. The van der Waals surface area contributed by atoms with Crippen molar-refractivity contribution in [3.05, 3.63) is 57.2 Å². The molecule has 1 aliphatic rings. The number of aromatic nitrogens is 4. The van der Waals surface area contributed by atoms with Gasteiger partial charge >= 0.3 is 0 Å². The molecule has 0 aromatic carbocycles. The highest BCUT2D eigenvalue weighted by atomic mass is 32.1. The molecular formula is C21H25N5OS. The second-order valence-electron chi connectivity index (χ2n) is 7.47. The van der Waals surface area contributed by atoms with Crippen LogP contribution in [-0.4, -0.2) is 32.8 Å². The zero-order valence-electron chi connectivity index (χ0n) is 16.6. The van der Waals surface area contributed by atoms with Gasteiger partial charge in [-0.1, -0.05) is 0 Å². The minimum absolute atomic E-state index is 0.0326. The molecule has 4 rings (SSSR count). The Morgan fingerprint density at radius 2 is 1.93 bits per heavy atom. The number of nitrogens with zero attached hydrogens (tertiary/aromatic N) is 5. The maximum absolute atomic E-state index is 12.4. The third kappa shape index (κ3) is 3.99. The zero-order chi connectivity index (χ0) is 19.7. The molecule has 1 fully saturated rings. The van der Waals surface area contributed by atoms with Crippen LogP contribution >= 0.6 is 11.3 Å². The van der Waals surface area contributed by atoms with Crippen molar-refractivity contribution in [2.75, 3.05) is 18.0 Å². The molecule has 0 aliphatic carbocycles. The molecule has 4 heterocycles. The molecule has 0 atom stereocenters. The van der Waals surface area contributed by atoms with E-state index in [1.54, 1.807) is 22.1 Å². The molecule has 1 saturated heterocycles. The molecule has 0 unspecified atom stereocenters. The predicted molar refractivity (Wildman–Crippen MR) is 113 cm³/mol. The van der Waals surface area contributed by atoms with Crippen molar-refractivity contribution < 1.29 is 0 Å². The Kier molecular flexibility index (Phi) is 5.26. The first-order chi connectivity index (χ1) is 13.5. The summed E-state index contributed by atoms with van der Waals surface area (Å²) in [6.45, 7) is 8.67. The van der Waals surface area contributed by atoms with Gasteiger partial charge in [0.1, 0.15) is 5.69 Å². The molecular weight excluding hydrogens is 370 g/mol. The number of anilines is 1. The van der Waals surface area contributed by atoms with Gasteiger partial charge in [0.25, 0.3) is 5.56 Å². The van der Waals surface area contributed by atoms with Crippen molar-refractivity contribution in [1.82, 2.24) is 19.7 Å². The summed E-state index contributed by atoms with van der Waals surface area (Å²) >= 11 is 1.63. The van der Waals surface area contributed by atoms with Crippen molar-refractivity contribution in [3.63, 3.8) is 0 Å². The van der Waals surface area contributed by atoms with Crippen molar-refractivity contribution in [1.29, 1.82) is 0 Å². The van der Waals surface area contributed by atoms with Crippen LogP contribution < -0.4 is 10.5 Å². The van der Waals surface area contributed by atoms with Crippen LogP contribution in [0, 0.1) is 26.7 Å². The van der Waals surface area contributed by atoms with Crippen LogP contribution in [0.25, 0.3) is 10.6 Å². The summed E-state index contributed by atoms with van der Waals surface area (Å²) in [5, 5.41) is 5.67. The fourth-order valence-electron chi connectivity index (χ4n) is 3.82. The first-order valence-corrected chi connectivity index (χ1v) is 10.5. The van der Waals surface area contributed by atoms with Gasteiger partial charge in [0.05, 0.1) is 15.6 Å². The second-order valence-corrected chi connectivity index (χ2v) is 8.68. The fraction of sp³-hybridized carbons (Fsp3) is 0.429. The Bertz CT molecular complexity index is 1030. The maximum Gasteiger partial charge on any atom is 0.266 e. The Hall–Kier alpha value is -2.54. The Morgan fingerprint density at radius 1 is 1.14 bits per heavy atom. The van der Waals surface area contributed by atoms with Gasteiger partial charge in [-0.25, -0.2) is 9.67 Å². The van der Waals surface area contributed by atoms with Crippen molar-refractivity contribution >= 4 is 17.0 Å². The summed E-state index contributed by atoms with van der Waals surface area (Å²) in [5.41, 5.74) is 4.06. The average Bonchev–Trinajstić information content (AvgIpc) is 3.02. The first-order valence-electron chi connectivity index (χ1n) is 9.70. The molecule has 3 aromatic heterocycles.